The van der Waals surface area contributed by atoms with Crippen molar-refractivity contribution in [1.29, 1.82) is 0 Å². The van der Waals surface area contributed by atoms with Crippen LogP contribution >= 0.6 is 27.3 Å². The highest BCUT2D eigenvalue weighted by atomic mass is 79.9. The van der Waals surface area contributed by atoms with E-state index in [0.717, 1.165) is 11.3 Å². The summed E-state index contributed by atoms with van der Waals surface area (Å²) in [4.78, 5) is 46.6. The number of rotatable bonds is 9. The molecule has 0 aliphatic heterocycles. The molecule has 0 atom stereocenters. The normalized spacial score (nSPS) is 10.6. The molecule has 2 aromatic heterocycles. The van der Waals surface area contributed by atoms with Gasteiger partial charge in [-0.25, -0.2) is 4.79 Å². The summed E-state index contributed by atoms with van der Waals surface area (Å²) in [6.07, 6.45) is 1.93. The maximum absolute atomic E-state index is 12.3. The fraction of sp³-hybridized carbons (Fsp3) is 0.375. The van der Waals surface area contributed by atoms with Crippen LogP contribution in [-0.2, 0) is 16.1 Å². The molecule has 0 saturated carbocycles. The number of aryl methyl sites for hydroxylation is 1. The summed E-state index contributed by atoms with van der Waals surface area (Å²) in [5.74, 6) is -2.20. The molecule has 0 unspecified atom stereocenters. The Balaban J connectivity index is 2.15. The van der Waals surface area contributed by atoms with Gasteiger partial charge in [0, 0.05) is 6.42 Å². The third kappa shape index (κ3) is 5.38. The lowest BCUT2D eigenvalue weighted by Crippen LogP contribution is -2.17. The molecule has 0 spiro atoms. The zero-order valence-electron chi connectivity index (χ0n) is 15.6. The van der Waals surface area contributed by atoms with Gasteiger partial charge in [-0.1, -0.05) is 6.92 Å². The number of nitrogens with zero attached hydrogens (tertiary/aromatic N) is 3. The first-order valence-electron chi connectivity index (χ1n) is 8.43. The molecule has 13 heteroatoms. The van der Waals surface area contributed by atoms with Crippen molar-refractivity contribution in [3.63, 3.8) is 0 Å². The summed E-state index contributed by atoms with van der Waals surface area (Å²) < 4.78 is 6.58. The molecular weight excluding hydrogens is 470 g/mol. The number of carbonyl (C=O) groups excluding carboxylic acids is 3. The maximum Gasteiger partial charge on any atom is 0.404 e. The number of primary amides is 1. The van der Waals surface area contributed by atoms with Crippen molar-refractivity contribution in [2.24, 2.45) is 5.73 Å². The van der Waals surface area contributed by atoms with Crippen LogP contribution in [0.25, 0.3) is 0 Å². The third-order valence-corrected chi connectivity index (χ3v) is 5.49. The smallest absolute Gasteiger partial charge is 0.404 e. The number of ether oxygens (including phenoxy) is 1. The average molecular weight is 488 g/mol. The van der Waals surface area contributed by atoms with Crippen LogP contribution < -0.4 is 11.1 Å². The van der Waals surface area contributed by atoms with Gasteiger partial charge in [-0.2, -0.15) is 4.68 Å². The van der Waals surface area contributed by atoms with E-state index in [1.165, 1.54) is 10.9 Å². The Hall–Kier alpha value is -2.80. The van der Waals surface area contributed by atoms with Crippen LogP contribution in [-0.4, -0.2) is 39.1 Å². The predicted octanol–water partition coefficient (Wildman–Crippen LogP) is 2.62. The highest BCUT2D eigenvalue weighted by Crippen LogP contribution is 2.33. The molecule has 29 heavy (non-hydrogen) atoms. The van der Waals surface area contributed by atoms with E-state index in [1.54, 1.807) is 6.92 Å². The van der Waals surface area contributed by atoms with Gasteiger partial charge < -0.3 is 25.9 Å². The second-order valence-electron chi connectivity index (χ2n) is 5.88. The minimum Gasteiger partial charge on any atom is -0.462 e. The van der Waals surface area contributed by atoms with Gasteiger partial charge in [0.1, 0.15) is 9.47 Å². The molecule has 0 aliphatic rings. The molecule has 156 valence electrons. The van der Waals surface area contributed by atoms with Gasteiger partial charge in [0.05, 0.1) is 34.9 Å². The Kier molecular flexibility index (Phi) is 7.45. The minimum absolute atomic E-state index is 0.0704. The van der Waals surface area contributed by atoms with Crippen molar-refractivity contribution in [3.05, 3.63) is 36.8 Å². The first-order chi connectivity index (χ1) is 13.6. The number of hydrogen-bond acceptors (Lipinski definition) is 8. The van der Waals surface area contributed by atoms with Crippen LogP contribution in [0.5, 0.6) is 0 Å². The second-order valence-corrected chi connectivity index (χ2v) is 7.75. The Labute approximate surface area is 177 Å². The lowest BCUT2D eigenvalue weighted by Gasteiger charge is -2.07. The van der Waals surface area contributed by atoms with Crippen LogP contribution in [0.3, 0.4) is 0 Å². The lowest BCUT2D eigenvalue weighted by molar-refractivity contribution is -0.390. The van der Waals surface area contributed by atoms with Gasteiger partial charge in [-0.15, -0.1) is 11.3 Å². The van der Waals surface area contributed by atoms with Crippen molar-refractivity contribution < 1.29 is 24.0 Å². The summed E-state index contributed by atoms with van der Waals surface area (Å²) >= 11 is 3.92. The van der Waals surface area contributed by atoms with Crippen LogP contribution in [0.4, 0.5) is 10.8 Å². The summed E-state index contributed by atoms with van der Waals surface area (Å²) in [5.41, 5.74) is 5.76. The molecular formula is C16H18BrN5O6S. The number of esters is 1. The van der Waals surface area contributed by atoms with E-state index < -0.39 is 22.7 Å². The van der Waals surface area contributed by atoms with E-state index in [4.69, 9.17) is 10.5 Å². The van der Waals surface area contributed by atoms with Crippen molar-refractivity contribution in [2.75, 3.05) is 11.9 Å². The minimum atomic E-state index is -0.716. The van der Waals surface area contributed by atoms with E-state index in [-0.39, 0.29) is 45.3 Å². The number of nitro groups is 1. The van der Waals surface area contributed by atoms with Gasteiger partial charge >= 0.3 is 11.8 Å². The highest BCUT2D eigenvalue weighted by Gasteiger charge is 2.26. The van der Waals surface area contributed by atoms with Crippen molar-refractivity contribution in [1.82, 2.24) is 9.78 Å². The van der Waals surface area contributed by atoms with E-state index in [0.29, 0.717) is 12.0 Å². The first-order valence-corrected chi connectivity index (χ1v) is 10.0. The number of carbonyl (C=O) groups is 3. The molecule has 11 nitrogen and oxygen atoms in total. The van der Waals surface area contributed by atoms with Gasteiger partial charge in [0.2, 0.25) is 5.91 Å². The number of nitrogens with one attached hydrogen (secondary N) is 1. The highest BCUT2D eigenvalue weighted by molar-refractivity contribution is 9.10. The van der Waals surface area contributed by atoms with Crippen LogP contribution in [0.15, 0.2) is 10.7 Å². The molecule has 2 aromatic rings. The molecule has 0 saturated heterocycles. The maximum atomic E-state index is 12.3. The third-order valence-electron chi connectivity index (χ3n) is 3.70. The SMILES string of the molecule is CCCOC(=O)c1c(NC(=O)CCn2cc(Br)c([N+](=O)[O-])n2)sc(C(N)=O)c1C. The fourth-order valence-electron chi connectivity index (χ4n) is 2.38. The molecule has 0 aliphatic carbocycles. The summed E-state index contributed by atoms with van der Waals surface area (Å²) in [5, 5.41) is 17.3. The average Bonchev–Trinajstić information content (AvgIpc) is 3.18. The van der Waals surface area contributed by atoms with E-state index in [1.807, 2.05) is 6.92 Å². The Morgan fingerprint density at radius 3 is 2.69 bits per heavy atom. The Bertz CT molecular complexity index is 969. The number of aromatic nitrogens is 2. The van der Waals surface area contributed by atoms with Gasteiger partial charge in [0.25, 0.3) is 5.91 Å². The second kappa shape index (κ2) is 9.60. The first kappa shape index (κ1) is 22.5. The standard InChI is InChI=1S/C16H18BrN5O6S/c1-3-6-28-16(25)11-8(2)12(13(18)24)29-15(11)19-10(23)4-5-21-7-9(17)14(20-21)22(26)27/h7H,3-6H2,1-2H3,(H2,18,24)(H,19,23). The number of halogens is 1. The van der Waals surface area contributed by atoms with E-state index in [9.17, 15) is 24.5 Å². The van der Waals surface area contributed by atoms with Gasteiger partial charge in [-0.3, -0.25) is 9.59 Å². The number of amides is 2. The molecule has 0 fully saturated rings. The van der Waals surface area contributed by atoms with Gasteiger partial charge in [0.15, 0.2) is 0 Å². The van der Waals surface area contributed by atoms with Gasteiger partial charge in [-0.05, 0) is 39.8 Å². The summed E-state index contributed by atoms with van der Waals surface area (Å²) in [6.45, 7) is 3.65. The Morgan fingerprint density at radius 2 is 2.14 bits per heavy atom. The molecule has 3 N–H and O–H groups in total. The van der Waals surface area contributed by atoms with Crippen LogP contribution in [0.1, 0.15) is 45.4 Å². The summed E-state index contributed by atoms with van der Waals surface area (Å²) in [6, 6.07) is 0. The quantitative estimate of drug-likeness (QED) is 0.312. The topological polar surface area (TPSA) is 159 Å². The predicted molar refractivity (Wildman–Crippen MR) is 108 cm³/mol. The monoisotopic (exact) mass is 487 g/mol. The number of thiophene rings is 1. The number of nitrogens with two attached hydrogens (primary N) is 1. The molecule has 2 amide bonds. The van der Waals surface area contributed by atoms with Crippen molar-refractivity contribution >= 4 is 55.9 Å². The zero-order chi connectivity index (χ0) is 21.7. The summed E-state index contributed by atoms with van der Waals surface area (Å²) in [7, 11) is 0. The number of anilines is 1. The molecule has 2 rings (SSSR count). The zero-order valence-corrected chi connectivity index (χ0v) is 18.0. The molecule has 0 bridgehead atoms. The van der Waals surface area contributed by atoms with Crippen molar-refractivity contribution in [2.45, 2.75) is 33.2 Å². The molecule has 0 radical (unpaired) electrons. The number of hydrogen-bond donors (Lipinski definition) is 2. The molecule has 0 aromatic carbocycles. The van der Waals surface area contributed by atoms with Crippen LogP contribution in [0.2, 0.25) is 0 Å². The van der Waals surface area contributed by atoms with E-state index >= 15 is 0 Å². The Morgan fingerprint density at radius 1 is 1.45 bits per heavy atom. The lowest BCUT2D eigenvalue weighted by atomic mass is 10.1. The fourth-order valence-corrected chi connectivity index (χ4v) is 3.90. The van der Waals surface area contributed by atoms with Crippen molar-refractivity contribution in [3.8, 4) is 0 Å². The molecule has 2 heterocycles. The van der Waals surface area contributed by atoms with E-state index in [2.05, 4.69) is 26.3 Å². The van der Waals surface area contributed by atoms with Crippen LogP contribution in [0, 0.1) is 17.0 Å². The largest absolute Gasteiger partial charge is 0.462 e.